The number of nitrogens with one attached hydrogen (secondary N) is 1. The maximum Gasteiger partial charge on any atom is 0.0370 e. The lowest BCUT2D eigenvalue weighted by molar-refractivity contribution is 0.388. The molecule has 0 saturated carbocycles. The van der Waals surface area contributed by atoms with E-state index in [0.717, 1.165) is 25.6 Å². The average Bonchev–Trinajstić information content (AvgIpc) is 2.85. The van der Waals surface area contributed by atoms with Gasteiger partial charge in [0.05, 0.1) is 0 Å². The molecule has 3 rings (SSSR count). The summed E-state index contributed by atoms with van der Waals surface area (Å²) >= 11 is 0. The van der Waals surface area contributed by atoms with E-state index in [1.54, 1.807) is 11.1 Å². The van der Waals surface area contributed by atoms with E-state index >= 15 is 0 Å². The summed E-state index contributed by atoms with van der Waals surface area (Å²) in [5, 5.41) is 3.66. The van der Waals surface area contributed by atoms with Crippen molar-refractivity contribution in [3.8, 4) is 0 Å². The van der Waals surface area contributed by atoms with Crippen molar-refractivity contribution < 1.29 is 0 Å². The van der Waals surface area contributed by atoms with Crippen LogP contribution in [0.2, 0.25) is 0 Å². The van der Waals surface area contributed by atoms with Gasteiger partial charge in [0.15, 0.2) is 0 Å². The van der Waals surface area contributed by atoms with E-state index in [9.17, 15) is 0 Å². The molecule has 2 aliphatic rings. The zero-order valence-corrected chi connectivity index (χ0v) is 12.3. The van der Waals surface area contributed by atoms with Gasteiger partial charge in [-0.1, -0.05) is 19.9 Å². The number of hydrogen-bond acceptors (Lipinski definition) is 2. The topological polar surface area (TPSA) is 15.3 Å². The maximum absolute atomic E-state index is 3.66. The molecular weight excluding hydrogens is 232 g/mol. The van der Waals surface area contributed by atoms with Gasteiger partial charge in [-0.25, -0.2) is 0 Å². The summed E-state index contributed by atoms with van der Waals surface area (Å²) in [5.41, 5.74) is 4.62. The molecule has 0 aromatic heterocycles. The Bertz CT molecular complexity index is 439. The molecule has 1 atom stereocenters. The van der Waals surface area contributed by atoms with Gasteiger partial charge in [-0.15, -0.1) is 0 Å². The molecule has 1 aromatic rings. The van der Waals surface area contributed by atoms with Gasteiger partial charge in [0.2, 0.25) is 0 Å². The maximum atomic E-state index is 3.66. The summed E-state index contributed by atoms with van der Waals surface area (Å²) in [6, 6.07) is 7.79. The smallest absolute Gasteiger partial charge is 0.0370 e. The Morgan fingerprint density at radius 2 is 2.11 bits per heavy atom. The van der Waals surface area contributed by atoms with E-state index in [4.69, 9.17) is 0 Å². The van der Waals surface area contributed by atoms with Crippen LogP contribution in [0.1, 0.15) is 37.8 Å². The van der Waals surface area contributed by atoms with E-state index < -0.39 is 0 Å². The third kappa shape index (κ3) is 2.94. The Labute approximate surface area is 117 Å². The molecule has 2 heteroatoms. The van der Waals surface area contributed by atoms with Gasteiger partial charge in [0, 0.05) is 31.4 Å². The molecule has 1 saturated heterocycles. The fourth-order valence-electron chi connectivity index (χ4n) is 3.54. The lowest BCUT2D eigenvalue weighted by Crippen LogP contribution is -2.51. The molecule has 0 radical (unpaired) electrons. The quantitative estimate of drug-likeness (QED) is 0.896. The summed E-state index contributed by atoms with van der Waals surface area (Å²) in [7, 11) is 0. The van der Waals surface area contributed by atoms with Gasteiger partial charge in [0.1, 0.15) is 0 Å². The molecule has 1 heterocycles. The highest BCUT2D eigenvalue weighted by Crippen LogP contribution is 2.27. The minimum Gasteiger partial charge on any atom is -0.369 e. The third-order valence-corrected chi connectivity index (χ3v) is 4.46. The molecule has 0 amide bonds. The van der Waals surface area contributed by atoms with Gasteiger partial charge in [-0.3, -0.25) is 0 Å². The van der Waals surface area contributed by atoms with Crippen molar-refractivity contribution in [2.45, 2.75) is 45.6 Å². The Morgan fingerprint density at radius 3 is 2.95 bits per heavy atom. The first-order chi connectivity index (χ1) is 9.22. The first kappa shape index (κ1) is 13.0. The molecular formula is C17H26N2. The van der Waals surface area contributed by atoms with Crippen LogP contribution in [0, 0.1) is 5.92 Å². The molecule has 1 aliphatic carbocycles. The van der Waals surface area contributed by atoms with E-state index in [2.05, 4.69) is 42.3 Å². The third-order valence-electron chi connectivity index (χ3n) is 4.46. The van der Waals surface area contributed by atoms with Crippen LogP contribution < -0.4 is 10.2 Å². The van der Waals surface area contributed by atoms with Crippen LogP contribution in [-0.4, -0.2) is 25.7 Å². The van der Waals surface area contributed by atoms with Crippen LogP contribution in [0.4, 0.5) is 5.69 Å². The monoisotopic (exact) mass is 258 g/mol. The number of piperazine rings is 1. The summed E-state index contributed by atoms with van der Waals surface area (Å²) in [4.78, 5) is 2.57. The van der Waals surface area contributed by atoms with Crippen molar-refractivity contribution in [2.75, 3.05) is 24.5 Å². The predicted octanol–water partition coefficient (Wildman–Crippen LogP) is 3.00. The number of nitrogens with zero attached hydrogens (tertiary/aromatic N) is 1. The normalized spacial score (nSPS) is 22.9. The van der Waals surface area contributed by atoms with Crippen LogP contribution in [-0.2, 0) is 12.8 Å². The molecule has 0 bridgehead atoms. The summed E-state index contributed by atoms with van der Waals surface area (Å²) in [5.74, 6) is 0.775. The van der Waals surface area contributed by atoms with Gasteiger partial charge >= 0.3 is 0 Å². The molecule has 19 heavy (non-hydrogen) atoms. The standard InChI is InChI=1S/C17H26N2/c1-13(2)10-16-12-19(9-8-18-16)17-7-6-14-4-3-5-15(14)11-17/h6-7,11,13,16,18H,3-5,8-10,12H2,1-2H3. The van der Waals surface area contributed by atoms with Crippen molar-refractivity contribution in [3.63, 3.8) is 0 Å². The second-order valence-corrected chi connectivity index (χ2v) is 6.53. The van der Waals surface area contributed by atoms with E-state index in [0.29, 0.717) is 6.04 Å². The molecule has 2 nitrogen and oxygen atoms in total. The fraction of sp³-hybridized carbons (Fsp3) is 0.647. The molecule has 1 aliphatic heterocycles. The minimum atomic E-state index is 0.655. The SMILES string of the molecule is CC(C)CC1CN(c2ccc3c(c2)CCC3)CCN1. The molecule has 1 N–H and O–H groups in total. The van der Waals surface area contributed by atoms with Crippen LogP contribution in [0.25, 0.3) is 0 Å². The number of fused-ring (bicyclic) bond motifs is 1. The number of anilines is 1. The summed E-state index contributed by atoms with van der Waals surface area (Å²) in [6.07, 6.45) is 5.19. The molecule has 1 fully saturated rings. The lowest BCUT2D eigenvalue weighted by atomic mass is 10.0. The number of aryl methyl sites for hydroxylation is 2. The van der Waals surface area contributed by atoms with E-state index in [-0.39, 0.29) is 0 Å². The Balaban J connectivity index is 1.71. The van der Waals surface area contributed by atoms with E-state index in [1.807, 2.05) is 0 Å². The largest absolute Gasteiger partial charge is 0.369 e. The zero-order chi connectivity index (χ0) is 13.2. The highest BCUT2D eigenvalue weighted by atomic mass is 15.2. The van der Waals surface area contributed by atoms with Crippen LogP contribution in [0.15, 0.2) is 18.2 Å². The van der Waals surface area contributed by atoms with Crippen LogP contribution in [0.3, 0.4) is 0 Å². The van der Waals surface area contributed by atoms with Crippen LogP contribution in [0.5, 0.6) is 0 Å². The Hall–Kier alpha value is -1.02. The predicted molar refractivity (Wildman–Crippen MR) is 81.9 cm³/mol. The van der Waals surface area contributed by atoms with E-state index in [1.165, 1.54) is 31.4 Å². The number of rotatable bonds is 3. The number of hydrogen-bond donors (Lipinski definition) is 1. The van der Waals surface area contributed by atoms with Gasteiger partial charge in [-0.05, 0) is 54.9 Å². The highest BCUT2D eigenvalue weighted by Gasteiger charge is 2.21. The molecule has 1 aromatic carbocycles. The molecule has 104 valence electrons. The fourth-order valence-corrected chi connectivity index (χ4v) is 3.54. The molecule has 0 spiro atoms. The summed E-state index contributed by atoms with van der Waals surface area (Å²) in [6.45, 7) is 8.06. The second-order valence-electron chi connectivity index (χ2n) is 6.53. The molecule has 1 unspecified atom stereocenters. The van der Waals surface area contributed by atoms with Crippen molar-refractivity contribution in [3.05, 3.63) is 29.3 Å². The zero-order valence-electron chi connectivity index (χ0n) is 12.3. The average molecular weight is 258 g/mol. The van der Waals surface area contributed by atoms with Crippen molar-refractivity contribution in [1.82, 2.24) is 5.32 Å². The second kappa shape index (κ2) is 5.54. The van der Waals surface area contributed by atoms with Crippen molar-refractivity contribution in [1.29, 1.82) is 0 Å². The van der Waals surface area contributed by atoms with Gasteiger partial charge in [-0.2, -0.15) is 0 Å². The highest BCUT2D eigenvalue weighted by molar-refractivity contribution is 5.52. The Morgan fingerprint density at radius 1 is 1.26 bits per heavy atom. The number of benzene rings is 1. The lowest BCUT2D eigenvalue weighted by Gasteiger charge is -2.36. The minimum absolute atomic E-state index is 0.655. The summed E-state index contributed by atoms with van der Waals surface area (Å²) < 4.78 is 0. The first-order valence-corrected chi connectivity index (χ1v) is 7.82. The van der Waals surface area contributed by atoms with Crippen molar-refractivity contribution >= 4 is 5.69 Å². The van der Waals surface area contributed by atoms with Crippen LogP contribution >= 0.6 is 0 Å². The Kier molecular flexibility index (Phi) is 3.79. The first-order valence-electron chi connectivity index (χ1n) is 7.82. The van der Waals surface area contributed by atoms with Crippen molar-refractivity contribution in [2.24, 2.45) is 5.92 Å². The van der Waals surface area contributed by atoms with Gasteiger partial charge in [0.25, 0.3) is 0 Å². The van der Waals surface area contributed by atoms with Gasteiger partial charge < -0.3 is 10.2 Å².